The van der Waals surface area contributed by atoms with Gasteiger partial charge in [0.2, 0.25) is 5.28 Å². The van der Waals surface area contributed by atoms with Crippen LogP contribution >= 0.6 is 11.6 Å². The van der Waals surface area contributed by atoms with Gasteiger partial charge in [0, 0.05) is 6.54 Å². The van der Waals surface area contributed by atoms with Gasteiger partial charge in [-0.3, -0.25) is 4.57 Å². The second-order valence-electron chi connectivity index (χ2n) is 6.29. The highest BCUT2D eigenvalue weighted by atomic mass is 35.5. The number of ether oxygens (including phenoxy) is 1. The van der Waals surface area contributed by atoms with E-state index < -0.39 is 18.4 Å². The molecule has 9 heteroatoms. The molecule has 8 nitrogen and oxygen atoms in total. The molecule has 136 valence electrons. The Morgan fingerprint density at radius 2 is 2.19 bits per heavy atom. The standard InChI is InChI=1S/C17H18ClN5O3/c1-9-3-2-4-10(5-9)6-19-14-12-15(22-17(18)21-14)23(8-20-12)16-13(25)11(24)7-26-16/h2-5,8,11,13,16,24-25H,6-7H2,1H3,(H,19,21,22)/t11-,13?,16?/m0/s1. The molecule has 0 spiro atoms. The summed E-state index contributed by atoms with van der Waals surface area (Å²) in [4.78, 5) is 12.8. The molecule has 0 aliphatic carbocycles. The molecule has 0 saturated carbocycles. The van der Waals surface area contributed by atoms with Crippen molar-refractivity contribution in [1.29, 1.82) is 0 Å². The van der Waals surface area contributed by atoms with Gasteiger partial charge >= 0.3 is 0 Å². The van der Waals surface area contributed by atoms with Crippen LogP contribution in [-0.2, 0) is 11.3 Å². The van der Waals surface area contributed by atoms with E-state index in [1.165, 1.54) is 11.9 Å². The van der Waals surface area contributed by atoms with Gasteiger partial charge in [-0.1, -0.05) is 29.8 Å². The monoisotopic (exact) mass is 375 g/mol. The lowest BCUT2D eigenvalue weighted by atomic mass is 10.1. The molecule has 3 N–H and O–H groups in total. The Morgan fingerprint density at radius 1 is 1.35 bits per heavy atom. The minimum absolute atomic E-state index is 0.0444. The van der Waals surface area contributed by atoms with E-state index in [1.54, 1.807) is 4.57 Å². The van der Waals surface area contributed by atoms with E-state index in [0.29, 0.717) is 23.5 Å². The molecule has 3 aromatic rings. The van der Waals surface area contributed by atoms with Crippen LogP contribution in [0.4, 0.5) is 5.82 Å². The predicted molar refractivity (Wildman–Crippen MR) is 95.8 cm³/mol. The van der Waals surface area contributed by atoms with E-state index in [2.05, 4.69) is 26.3 Å². The fourth-order valence-electron chi connectivity index (χ4n) is 3.04. The smallest absolute Gasteiger partial charge is 0.226 e. The van der Waals surface area contributed by atoms with Crippen molar-refractivity contribution >= 4 is 28.6 Å². The first-order valence-electron chi connectivity index (χ1n) is 8.20. The van der Waals surface area contributed by atoms with Crippen molar-refractivity contribution in [3.05, 3.63) is 47.0 Å². The summed E-state index contributed by atoms with van der Waals surface area (Å²) in [5.74, 6) is 0.494. The predicted octanol–water partition coefficient (Wildman–Crippen LogP) is 1.65. The number of rotatable bonds is 4. The first-order chi connectivity index (χ1) is 12.5. The Kier molecular flexibility index (Phi) is 4.49. The average Bonchev–Trinajstić information content (AvgIpc) is 3.17. The van der Waals surface area contributed by atoms with Gasteiger partial charge in [0.25, 0.3) is 0 Å². The Hall–Kier alpha value is -2.26. The zero-order chi connectivity index (χ0) is 18.3. The molecule has 3 atom stereocenters. The highest BCUT2D eigenvalue weighted by Crippen LogP contribution is 2.29. The van der Waals surface area contributed by atoms with Crippen molar-refractivity contribution in [2.24, 2.45) is 0 Å². The van der Waals surface area contributed by atoms with Gasteiger partial charge in [-0.05, 0) is 24.1 Å². The summed E-state index contributed by atoms with van der Waals surface area (Å²) >= 11 is 6.08. The van der Waals surface area contributed by atoms with Gasteiger partial charge in [0.05, 0.1) is 12.9 Å². The molecule has 1 saturated heterocycles. The molecule has 4 rings (SSSR count). The first kappa shape index (κ1) is 17.2. The SMILES string of the molecule is Cc1cccc(CNc2nc(Cl)nc3c2ncn3C2OC[C@H](O)C2O)c1. The summed E-state index contributed by atoms with van der Waals surface area (Å²) in [6.45, 7) is 2.63. The van der Waals surface area contributed by atoms with Crippen molar-refractivity contribution in [2.75, 3.05) is 11.9 Å². The normalized spacial score (nSPS) is 22.8. The summed E-state index contributed by atoms with van der Waals surface area (Å²) in [5.41, 5.74) is 3.21. The summed E-state index contributed by atoms with van der Waals surface area (Å²) in [6, 6.07) is 8.12. The number of halogens is 1. The minimum atomic E-state index is -1.06. The van der Waals surface area contributed by atoms with Crippen LogP contribution in [0.2, 0.25) is 5.28 Å². The molecule has 1 aliphatic rings. The van der Waals surface area contributed by atoms with Crippen LogP contribution < -0.4 is 5.32 Å². The quantitative estimate of drug-likeness (QED) is 0.595. The topological polar surface area (TPSA) is 105 Å². The van der Waals surface area contributed by atoms with Crippen molar-refractivity contribution in [3.63, 3.8) is 0 Å². The molecule has 1 fully saturated rings. The number of anilines is 1. The zero-order valence-corrected chi connectivity index (χ0v) is 14.8. The lowest BCUT2D eigenvalue weighted by Crippen LogP contribution is -2.28. The van der Waals surface area contributed by atoms with Crippen molar-refractivity contribution < 1.29 is 14.9 Å². The van der Waals surface area contributed by atoms with Crippen LogP contribution in [0.5, 0.6) is 0 Å². The molecule has 0 radical (unpaired) electrons. The van der Waals surface area contributed by atoms with E-state index in [0.717, 1.165) is 5.56 Å². The second kappa shape index (κ2) is 6.81. The minimum Gasteiger partial charge on any atom is -0.388 e. The van der Waals surface area contributed by atoms with Gasteiger partial charge in [-0.15, -0.1) is 0 Å². The van der Waals surface area contributed by atoms with E-state index in [9.17, 15) is 10.2 Å². The number of aryl methyl sites for hydroxylation is 1. The molecule has 26 heavy (non-hydrogen) atoms. The maximum absolute atomic E-state index is 10.1. The highest BCUT2D eigenvalue weighted by Gasteiger charge is 2.37. The van der Waals surface area contributed by atoms with Crippen LogP contribution in [0.1, 0.15) is 17.4 Å². The third-order valence-corrected chi connectivity index (χ3v) is 4.50. The Balaban J connectivity index is 1.66. The van der Waals surface area contributed by atoms with E-state index in [-0.39, 0.29) is 11.9 Å². The zero-order valence-electron chi connectivity index (χ0n) is 14.0. The third kappa shape index (κ3) is 3.12. The Labute approximate surface area is 154 Å². The summed E-state index contributed by atoms with van der Waals surface area (Å²) in [7, 11) is 0. The molecular weight excluding hydrogens is 358 g/mol. The molecule has 1 aromatic carbocycles. The number of hydrogen-bond donors (Lipinski definition) is 3. The van der Waals surface area contributed by atoms with Crippen LogP contribution in [-0.4, -0.2) is 48.5 Å². The van der Waals surface area contributed by atoms with Gasteiger partial charge in [-0.2, -0.15) is 9.97 Å². The van der Waals surface area contributed by atoms with Gasteiger partial charge in [0.1, 0.15) is 12.2 Å². The maximum atomic E-state index is 10.1. The summed E-state index contributed by atoms with van der Waals surface area (Å²) < 4.78 is 7.01. The van der Waals surface area contributed by atoms with Gasteiger partial charge in [-0.25, -0.2) is 4.98 Å². The molecule has 2 aromatic heterocycles. The van der Waals surface area contributed by atoms with Gasteiger partial charge < -0.3 is 20.3 Å². The first-order valence-corrected chi connectivity index (χ1v) is 8.58. The van der Waals surface area contributed by atoms with Crippen molar-refractivity contribution in [3.8, 4) is 0 Å². The molecule has 0 bridgehead atoms. The lowest BCUT2D eigenvalue weighted by Gasteiger charge is -2.16. The molecule has 0 amide bonds. The molecule has 3 heterocycles. The summed E-state index contributed by atoms with van der Waals surface area (Å²) in [5, 5.41) is 23.1. The second-order valence-corrected chi connectivity index (χ2v) is 6.63. The third-order valence-electron chi connectivity index (χ3n) is 4.33. The number of aliphatic hydroxyl groups is 2. The van der Waals surface area contributed by atoms with E-state index in [1.807, 2.05) is 25.1 Å². The van der Waals surface area contributed by atoms with Crippen LogP contribution in [0.25, 0.3) is 11.2 Å². The number of imidazole rings is 1. The number of nitrogens with zero attached hydrogens (tertiary/aromatic N) is 4. The molecule has 2 unspecified atom stereocenters. The molecular formula is C17H18ClN5O3. The van der Waals surface area contributed by atoms with Gasteiger partial charge in [0.15, 0.2) is 23.2 Å². The fraction of sp³-hybridized carbons (Fsp3) is 0.353. The lowest BCUT2D eigenvalue weighted by molar-refractivity contribution is -0.0162. The number of benzene rings is 1. The van der Waals surface area contributed by atoms with Crippen molar-refractivity contribution in [1.82, 2.24) is 19.5 Å². The summed E-state index contributed by atoms with van der Waals surface area (Å²) in [6.07, 6.45) is -1.29. The number of hydrogen-bond acceptors (Lipinski definition) is 7. The Bertz CT molecular complexity index is 947. The number of fused-ring (bicyclic) bond motifs is 1. The molecule has 1 aliphatic heterocycles. The van der Waals surface area contributed by atoms with Crippen molar-refractivity contribution in [2.45, 2.75) is 31.9 Å². The van der Waals surface area contributed by atoms with E-state index >= 15 is 0 Å². The fourth-order valence-corrected chi connectivity index (χ4v) is 3.20. The highest BCUT2D eigenvalue weighted by molar-refractivity contribution is 6.28. The Morgan fingerprint density at radius 3 is 2.92 bits per heavy atom. The van der Waals surface area contributed by atoms with Crippen LogP contribution in [0, 0.1) is 6.92 Å². The number of aliphatic hydroxyl groups excluding tert-OH is 2. The number of nitrogens with one attached hydrogen (secondary N) is 1. The number of aromatic nitrogens is 4. The average molecular weight is 376 g/mol. The largest absolute Gasteiger partial charge is 0.388 e. The van der Waals surface area contributed by atoms with Crippen LogP contribution in [0.3, 0.4) is 0 Å². The van der Waals surface area contributed by atoms with E-state index in [4.69, 9.17) is 16.3 Å². The van der Waals surface area contributed by atoms with Crippen LogP contribution in [0.15, 0.2) is 30.6 Å². The maximum Gasteiger partial charge on any atom is 0.226 e.